The van der Waals surface area contributed by atoms with E-state index in [1.54, 1.807) is 18.0 Å². The van der Waals surface area contributed by atoms with E-state index in [2.05, 4.69) is 21.4 Å². The summed E-state index contributed by atoms with van der Waals surface area (Å²) in [5.41, 5.74) is -0.288. The van der Waals surface area contributed by atoms with Crippen LogP contribution in [0.15, 0.2) is 17.6 Å². The Balaban J connectivity index is 1.64. The lowest BCUT2D eigenvalue weighted by Crippen LogP contribution is -2.49. The highest BCUT2D eigenvalue weighted by Gasteiger charge is 2.40. The molecule has 1 aromatic heterocycles. The summed E-state index contributed by atoms with van der Waals surface area (Å²) >= 11 is 1.78. The molecule has 96 valence electrons. The molecule has 4 nitrogen and oxygen atoms in total. The van der Waals surface area contributed by atoms with Crippen LogP contribution in [0.25, 0.3) is 0 Å². The third kappa shape index (κ3) is 2.70. The van der Waals surface area contributed by atoms with Gasteiger partial charge in [0.15, 0.2) is 5.16 Å². The fourth-order valence-corrected chi connectivity index (χ4v) is 3.91. The van der Waals surface area contributed by atoms with Crippen molar-refractivity contribution in [3.05, 3.63) is 12.4 Å². The minimum Gasteiger partial charge on any atom is -0.340 e. The van der Waals surface area contributed by atoms with Gasteiger partial charge in [0.2, 0.25) is 0 Å². The molecular weight excluding hydrogens is 244 g/mol. The largest absolute Gasteiger partial charge is 0.340 e. The number of H-pyrrole nitrogens is 1. The summed E-state index contributed by atoms with van der Waals surface area (Å²) in [6, 6.07) is 3.14. The normalized spacial score (nSPS) is 32.1. The molecule has 2 fully saturated rings. The molecular formula is C13H18N4S. The minimum atomic E-state index is -0.288. The lowest BCUT2D eigenvalue weighted by Gasteiger charge is -2.36. The Morgan fingerprint density at radius 1 is 1.50 bits per heavy atom. The molecule has 2 N–H and O–H groups in total. The number of nitrogens with zero attached hydrogens (tertiary/aromatic N) is 2. The van der Waals surface area contributed by atoms with Gasteiger partial charge in [-0.05, 0) is 38.5 Å². The van der Waals surface area contributed by atoms with Crippen molar-refractivity contribution in [2.75, 3.05) is 0 Å². The van der Waals surface area contributed by atoms with E-state index >= 15 is 0 Å². The molecule has 1 heterocycles. The quantitative estimate of drug-likeness (QED) is 0.875. The lowest BCUT2D eigenvalue weighted by molar-refractivity contribution is 0.301. The molecule has 0 aliphatic heterocycles. The van der Waals surface area contributed by atoms with E-state index in [9.17, 15) is 5.26 Å². The van der Waals surface area contributed by atoms with Crippen molar-refractivity contribution >= 4 is 11.8 Å². The number of aromatic amines is 1. The topological polar surface area (TPSA) is 64.5 Å². The summed E-state index contributed by atoms with van der Waals surface area (Å²) in [5, 5.41) is 14.5. The van der Waals surface area contributed by atoms with Gasteiger partial charge in [-0.25, -0.2) is 4.98 Å². The number of imidazole rings is 1. The van der Waals surface area contributed by atoms with Gasteiger partial charge in [0.05, 0.1) is 6.07 Å². The van der Waals surface area contributed by atoms with Crippen LogP contribution < -0.4 is 5.32 Å². The molecule has 0 spiro atoms. The Hall–Kier alpha value is -0.990. The van der Waals surface area contributed by atoms with Crippen molar-refractivity contribution in [1.82, 2.24) is 15.3 Å². The monoisotopic (exact) mass is 262 g/mol. The third-order valence-corrected chi connectivity index (χ3v) is 4.91. The van der Waals surface area contributed by atoms with Gasteiger partial charge < -0.3 is 4.98 Å². The fraction of sp³-hybridized carbons (Fsp3) is 0.692. The molecule has 5 heteroatoms. The Kier molecular flexibility index (Phi) is 3.31. The molecule has 3 rings (SSSR count). The number of nitriles is 1. The van der Waals surface area contributed by atoms with Crippen LogP contribution in [0, 0.1) is 11.3 Å². The molecule has 2 saturated carbocycles. The van der Waals surface area contributed by atoms with Gasteiger partial charge in [-0.15, -0.1) is 0 Å². The molecule has 18 heavy (non-hydrogen) atoms. The Morgan fingerprint density at radius 3 is 3.06 bits per heavy atom. The number of hydrogen-bond donors (Lipinski definition) is 2. The van der Waals surface area contributed by atoms with Crippen LogP contribution in [0.2, 0.25) is 0 Å². The average molecular weight is 262 g/mol. The van der Waals surface area contributed by atoms with Gasteiger partial charge >= 0.3 is 0 Å². The second-order valence-corrected chi connectivity index (χ2v) is 6.63. The maximum Gasteiger partial charge on any atom is 0.165 e. The molecule has 0 radical (unpaired) electrons. The van der Waals surface area contributed by atoms with E-state index < -0.39 is 0 Å². The van der Waals surface area contributed by atoms with Crippen LogP contribution in [0.5, 0.6) is 0 Å². The van der Waals surface area contributed by atoms with E-state index in [1.807, 2.05) is 6.20 Å². The molecule has 0 saturated heterocycles. The fourth-order valence-electron chi connectivity index (χ4n) is 2.68. The van der Waals surface area contributed by atoms with E-state index in [-0.39, 0.29) is 5.54 Å². The molecule has 2 aliphatic rings. The Morgan fingerprint density at radius 2 is 2.39 bits per heavy atom. The summed E-state index contributed by atoms with van der Waals surface area (Å²) in [5.74, 6) is 0. The van der Waals surface area contributed by atoms with Crippen LogP contribution in [-0.2, 0) is 0 Å². The summed E-state index contributed by atoms with van der Waals surface area (Å²) < 4.78 is 0. The van der Waals surface area contributed by atoms with Crippen molar-refractivity contribution in [2.24, 2.45) is 0 Å². The summed E-state index contributed by atoms with van der Waals surface area (Å²) in [7, 11) is 0. The first kappa shape index (κ1) is 12.1. The predicted molar refractivity (Wildman–Crippen MR) is 71.2 cm³/mol. The van der Waals surface area contributed by atoms with Gasteiger partial charge in [0.1, 0.15) is 5.54 Å². The van der Waals surface area contributed by atoms with Crippen LogP contribution in [0.3, 0.4) is 0 Å². The van der Waals surface area contributed by atoms with Crippen molar-refractivity contribution in [3.8, 4) is 6.07 Å². The van der Waals surface area contributed by atoms with E-state index in [1.165, 1.54) is 19.3 Å². The van der Waals surface area contributed by atoms with Crippen molar-refractivity contribution in [3.63, 3.8) is 0 Å². The third-order valence-electron chi connectivity index (χ3n) is 3.73. The molecule has 0 amide bonds. The second-order valence-electron chi connectivity index (χ2n) is 5.34. The predicted octanol–water partition coefficient (Wildman–Crippen LogP) is 2.46. The summed E-state index contributed by atoms with van der Waals surface area (Å²) in [6.07, 6.45) is 10.3. The van der Waals surface area contributed by atoms with Crippen LogP contribution >= 0.6 is 11.8 Å². The second kappa shape index (κ2) is 4.94. The highest BCUT2D eigenvalue weighted by molar-refractivity contribution is 7.99. The van der Waals surface area contributed by atoms with Crippen LogP contribution in [-0.4, -0.2) is 26.8 Å². The van der Waals surface area contributed by atoms with E-state index in [0.29, 0.717) is 11.3 Å². The van der Waals surface area contributed by atoms with Gasteiger partial charge in [-0.3, -0.25) is 5.32 Å². The van der Waals surface area contributed by atoms with E-state index in [4.69, 9.17) is 0 Å². The van der Waals surface area contributed by atoms with E-state index in [0.717, 1.165) is 24.4 Å². The standard InChI is InChI=1S/C13H18N4S/c14-9-13(17-10-3-4-10)5-1-2-11(8-13)18-12-15-6-7-16-12/h6-7,10-11,17H,1-5,8H2,(H,15,16). The van der Waals surface area contributed by atoms with Gasteiger partial charge in [-0.2, -0.15) is 5.26 Å². The SMILES string of the molecule is N#CC1(NC2CC2)CCCC(Sc2ncc[nH]2)C1. The average Bonchev–Trinajstić information content (AvgIpc) is 3.03. The highest BCUT2D eigenvalue weighted by Crippen LogP contribution is 2.38. The van der Waals surface area contributed by atoms with Gasteiger partial charge in [0.25, 0.3) is 0 Å². The highest BCUT2D eigenvalue weighted by atomic mass is 32.2. The maximum absolute atomic E-state index is 9.52. The van der Waals surface area contributed by atoms with Crippen LogP contribution in [0.1, 0.15) is 38.5 Å². The molecule has 2 atom stereocenters. The molecule has 0 aromatic carbocycles. The van der Waals surface area contributed by atoms with Gasteiger partial charge in [-0.1, -0.05) is 11.8 Å². The molecule has 1 aromatic rings. The first-order chi connectivity index (χ1) is 8.80. The molecule has 2 aliphatic carbocycles. The Labute approximate surface area is 112 Å². The molecule has 2 unspecified atom stereocenters. The first-order valence-corrected chi connectivity index (χ1v) is 7.53. The van der Waals surface area contributed by atoms with Crippen LogP contribution in [0.4, 0.5) is 0 Å². The lowest BCUT2D eigenvalue weighted by atomic mass is 9.82. The number of hydrogen-bond acceptors (Lipinski definition) is 4. The number of thioether (sulfide) groups is 1. The maximum atomic E-state index is 9.52. The zero-order valence-electron chi connectivity index (χ0n) is 10.4. The number of aromatic nitrogens is 2. The number of nitrogens with one attached hydrogen (secondary N) is 2. The zero-order valence-corrected chi connectivity index (χ0v) is 11.2. The summed E-state index contributed by atoms with van der Waals surface area (Å²) in [6.45, 7) is 0. The Bertz CT molecular complexity index is 434. The number of rotatable bonds is 4. The smallest absolute Gasteiger partial charge is 0.165 e. The van der Waals surface area contributed by atoms with Crippen molar-refractivity contribution in [2.45, 2.75) is 60.5 Å². The van der Waals surface area contributed by atoms with Crippen molar-refractivity contribution in [1.29, 1.82) is 5.26 Å². The zero-order chi connectivity index (χ0) is 12.4. The first-order valence-electron chi connectivity index (χ1n) is 6.65. The molecule has 0 bridgehead atoms. The van der Waals surface area contributed by atoms with Gasteiger partial charge in [0, 0.05) is 23.7 Å². The summed E-state index contributed by atoms with van der Waals surface area (Å²) in [4.78, 5) is 7.39. The minimum absolute atomic E-state index is 0.288. The van der Waals surface area contributed by atoms with Crippen molar-refractivity contribution < 1.29 is 0 Å².